The highest BCUT2D eigenvalue weighted by molar-refractivity contribution is 7.91. The van der Waals surface area contributed by atoms with E-state index in [0.29, 0.717) is 35.2 Å². The van der Waals surface area contributed by atoms with Crippen LogP contribution in [0.3, 0.4) is 0 Å². The molecule has 1 fully saturated rings. The zero-order chi connectivity index (χ0) is 22.3. The Labute approximate surface area is 173 Å². The van der Waals surface area contributed by atoms with Crippen LogP contribution in [0.15, 0.2) is 18.2 Å². The van der Waals surface area contributed by atoms with E-state index in [0.717, 1.165) is 5.56 Å². The fourth-order valence-corrected chi connectivity index (χ4v) is 4.74. The van der Waals surface area contributed by atoms with Gasteiger partial charge >= 0.3 is 0 Å². The average Bonchev–Trinajstić information content (AvgIpc) is 3.33. The molecule has 2 heterocycles. The van der Waals surface area contributed by atoms with Crippen molar-refractivity contribution in [1.82, 2.24) is 10.2 Å². The van der Waals surface area contributed by atoms with Gasteiger partial charge in [-0.1, -0.05) is 0 Å². The first-order valence-electron chi connectivity index (χ1n) is 8.73. The summed E-state index contributed by atoms with van der Waals surface area (Å²) in [5, 5.41) is 16.5. The molecule has 0 bridgehead atoms. The van der Waals surface area contributed by atoms with Crippen molar-refractivity contribution in [3.8, 4) is 28.5 Å². The van der Waals surface area contributed by atoms with Crippen molar-refractivity contribution in [1.29, 1.82) is 0 Å². The molecule has 2 aromatic rings. The third-order valence-electron chi connectivity index (χ3n) is 4.41. The second-order valence-corrected chi connectivity index (χ2v) is 8.50. The minimum Gasteiger partial charge on any atom is -0.493 e. The van der Waals surface area contributed by atoms with Crippen molar-refractivity contribution < 1.29 is 37.3 Å². The number of benzene rings is 1. The van der Waals surface area contributed by atoms with Crippen LogP contribution in [0.1, 0.15) is 6.42 Å². The smallest absolute Gasteiger partial charge is 0.290 e. The standard InChI is InChI=1S/C17H21N3O6S.CH2O2/c1-24-13-6-11(7-14(25-2)16(13)26-3)12-8-15(20-19-12)18-17(21)10-4-5-27(22,23)9-10;2-1-3/h6-8,10H,4-5,9H2,1-3H3,(H2,18,19,20,21);1H,(H,2,3). The van der Waals surface area contributed by atoms with Gasteiger partial charge in [-0.2, -0.15) is 5.10 Å². The van der Waals surface area contributed by atoms with Gasteiger partial charge in [0.1, 0.15) is 0 Å². The summed E-state index contributed by atoms with van der Waals surface area (Å²) in [4.78, 5) is 20.6. The van der Waals surface area contributed by atoms with Gasteiger partial charge in [0.15, 0.2) is 27.2 Å². The number of carboxylic acid groups (broad SMARTS) is 1. The number of ether oxygens (including phenoxy) is 3. The number of aromatic nitrogens is 2. The Morgan fingerprint density at radius 1 is 1.20 bits per heavy atom. The van der Waals surface area contributed by atoms with E-state index in [4.69, 9.17) is 24.1 Å². The second-order valence-electron chi connectivity index (χ2n) is 6.28. The van der Waals surface area contributed by atoms with Crippen LogP contribution in [0, 0.1) is 5.92 Å². The molecule has 30 heavy (non-hydrogen) atoms. The third-order valence-corrected chi connectivity index (χ3v) is 6.18. The number of nitrogens with one attached hydrogen (secondary N) is 2. The molecule has 12 heteroatoms. The Balaban J connectivity index is 0.00000101. The lowest BCUT2D eigenvalue weighted by Gasteiger charge is -2.13. The highest BCUT2D eigenvalue weighted by Crippen LogP contribution is 2.41. The molecule has 1 aromatic heterocycles. The van der Waals surface area contributed by atoms with Gasteiger partial charge in [0, 0.05) is 11.6 Å². The van der Waals surface area contributed by atoms with Crippen LogP contribution in [0.5, 0.6) is 17.2 Å². The fourth-order valence-electron chi connectivity index (χ4n) is 3.00. The molecule has 0 radical (unpaired) electrons. The van der Waals surface area contributed by atoms with Crippen LogP contribution < -0.4 is 19.5 Å². The van der Waals surface area contributed by atoms with E-state index in [1.54, 1.807) is 18.2 Å². The molecule has 1 atom stereocenters. The maximum atomic E-state index is 12.2. The van der Waals surface area contributed by atoms with Crippen molar-refractivity contribution in [2.75, 3.05) is 38.2 Å². The number of carbonyl (C=O) groups excluding carboxylic acids is 1. The Kier molecular flexibility index (Phi) is 7.64. The third kappa shape index (κ3) is 5.41. The van der Waals surface area contributed by atoms with E-state index < -0.39 is 15.8 Å². The lowest BCUT2D eigenvalue weighted by Crippen LogP contribution is -2.23. The molecule has 1 amide bonds. The number of amides is 1. The molecule has 1 saturated heterocycles. The minimum atomic E-state index is -3.12. The number of methoxy groups -OCH3 is 3. The summed E-state index contributed by atoms with van der Waals surface area (Å²) in [7, 11) is 1.45. The zero-order valence-electron chi connectivity index (χ0n) is 16.7. The number of H-pyrrole nitrogens is 1. The van der Waals surface area contributed by atoms with Gasteiger partial charge in [0.2, 0.25) is 11.7 Å². The predicted octanol–water partition coefficient (Wildman–Crippen LogP) is 1.18. The van der Waals surface area contributed by atoms with Crippen LogP contribution in [-0.4, -0.2) is 68.9 Å². The quantitative estimate of drug-likeness (QED) is 0.560. The van der Waals surface area contributed by atoms with E-state index in [-0.39, 0.29) is 23.9 Å². The molecule has 1 unspecified atom stereocenters. The van der Waals surface area contributed by atoms with Gasteiger partial charge in [-0.25, -0.2) is 8.42 Å². The molecule has 0 saturated carbocycles. The molecule has 1 aromatic carbocycles. The van der Waals surface area contributed by atoms with Crippen LogP contribution in [-0.2, 0) is 19.4 Å². The number of hydrogen-bond donors (Lipinski definition) is 3. The van der Waals surface area contributed by atoms with Gasteiger partial charge in [-0.05, 0) is 18.6 Å². The summed E-state index contributed by atoms with van der Waals surface area (Å²) < 4.78 is 39.0. The summed E-state index contributed by atoms with van der Waals surface area (Å²) in [6.07, 6.45) is 0.332. The SMILES string of the molecule is COc1cc(-c2cc(NC(=O)C3CCS(=O)(=O)C3)n[nH]2)cc(OC)c1OC.O=CO. The molecule has 3 N–H and O–H groups in total. The Bertz CT molecular complexity index is 978. The van der Waals surface area contributed by atoms with E-state index in [9.17, 15) is 13.2 Å². The Morgan fingerprint density at radius 2 is 1.80 bits per heavy atom. The number of carbonyl (C=O) groups is 2. The molecule has 0 aliphatic carbocycles. The number of aromatic amines is 1. The molecular formula is C18H23N3O8S. The normalized spacial score (nSPS) is 16.7. The van der Waals surface area contributed by atoms with Gasteiger partial charge in [0.05, 0.1) is 44.4 Å². The van der Waals surface area contributed by atoms with Crippen molar-refractivity contribution in [2.45, 2.75) is 6.42 Å². The minimum absolute atomic E-state index is 0.0440. The van der Waals surface area contributed by atoms with E-state index in [1.165, 1.54) is 21.3 Å². The van der Waals surface area contributed by atoms with Crippen LogP contribution in [0.25, 0.3) is 11.3 Å². The largest absolute Gasteiger partial charge is 0.493 e. The van der Waals surface area contributed by atoms with Gasteiger partial charge < -0.3 is 24.6 Å². The van der Waals surface area contributed by atoms with E-state index in [2.05, 4.69) is 15.5 Å². The first kappa shape index (κ1) is 23.0. The molecule has 3 rings (SSSR count). The molecule has 0 spiro atoms. The van der Waals surface area contributed by atoms with Gasteiger partial charge in [-0.3, -0.25) is 14.7 Å². The number of anilines is 1. The summed E-state index contributed by atoms with van der Waals surface area (Å²) in [5.74, 6) is 0.791. The monoisotopic (exact) mass is 441 g/mol. The lowest BCUT2D eigenvalue weighted by molar-refractivity contribution is -0.123. The maximum Gasteiger partial charge on any atom is 0.290 e. The number of nitrogens with zero attached hydrogens (tertiary/aromatic N) is 1. The van der Waals surface area contributed by atoms with Crippen LogP contribution in [0.4, 0.5) is 5.82 Å². The lowest BCUT2D eigenvalue weighted by atomic mass is 10.1. The highest BCUT2D eigenvalue weighted by Gasteiger charge is 2.33. The number of rotatable bonds is 6. The highest BCUT2D eigenvalue weighted by atomic mass is 32.2. The molecular weight excluding hydrogens is 418 g/mol. The van der Waals surface area contributed by atoms with Crippen LogP contribution in [0.2, 0.25) is 0 Å². The summed E-state index contributed by atoms with van der Waals surface area (Å²) >= 11 is 0. The summed E-state index contributed by atoms with van der Waals surface area (Å²) in [6, 6.07) is 5.16. The summed E-state index contributed by atoms with van der Waals surface area (Å²) in [6.45, 7) is -0.250. The maximum absolute atomic E-state index is 12.2. The molecule has 164 valence electrons. The van der Waals surface area contributed by atoms with Gasteiger partial charge in [0.25, 0.3) is 6.47 Å². The van der Waals surface area contributed by atoms with Crippen LogP contribution >= 0.6 is 0 Å². The first-order valence-corrected chi connectivity index (χ1v) is 10.6. The molecule has 1 aliphatic rings. The second kappa shape index (κ2) is 9.96. The fraction of sp³-hybridized carbons (Fsp3) is 0.389. The topological polar surface area (TPSA) is 157 Å². The number of hydrogen-bond acceptors (Lipinski definition) is 8. The predicted molar refractivity (Wildman–Crippen MR) is 108 cm³/mol. The average molecular weight is 441 g/mol. The van der Waals surface area contributed by atoms with Crippen molar-refractivity contribution in [3.05, 3.63) is 18.2 Å². The Morgan fingerprint density at radius 3 is 2.27 bits per heavy atom. The Hall–Kier alpha value is -3.28. The van der Waals surface area contributed by atoms with E-state index in [1.807, 2.05) is 0 Å². The first-order chi connectivity index (χ1) is 14.3. The van der Waals surface area contributed by atoms with Crippen molar-refractivity contribution in [2.24, 2.45) is 5.92 Å². The van der Waals surface area contributed by atoms with Crippen molar-refractivity contribution >= 4 is 28.0 Å². The summed E-state index contributed by atoms with van der Waals surface area (Å²) in [5.41, 5.74) is 1.35. The van der Waals surface area contributed by atoms with Gasteiger partial charge in [-0.15, -0.1) is 0 Å². The van der Waals surface area contributed by atoms with Crippen molar-refractivity contribution in [3.63, 3.8) is 0 Å². The number of sulfone groups is 1. The van der Waals surface area contributed by atoms with E-state index >= 15 is 0 Å². The molecule has 1 aliphatic heterocycles. The zero-order valence-corrected chi connectivity index (χ0v) is 17.5. The molecule has 11 nitrogen and oxygen atoms in total.